The van der Waals surface area contributed by atoms with Crippen molar-refractivity contribution < 1.29 is 18.3 Å². The van der Waals surface area contributed by atoms with Crippen LogP contribution in [0.2, 0.25) is 0 Å². The maximum atomic E-state index is 12.0. The number of nitrogens with one attached hydrogen (secondary N) is 1. The van der Waals surface area contributed by atoms with Gasteiger partial charge in [-0.15, -0.1) is 0 Å². The fourth-order valence-corrected chi connectivity index (χ4v) is 2.50. The fourth-order valence-electron chi connectivity index (χ4n) is 2.50. The first-order valence-corrected chi connectivity index (χ1v) is 6.60. The summed E-state index contributed by atoms with van der Waals surface area (Å²) in [4.78, 5) is 11.9. The van der Waals surface area contributed by atoms with Gasteiger partial charge in [-0.3, -0.25) is 4.79 Å². The van der Waals surface area contributed by atoms with Crippen LogP contribution in [0.15, 0.2) is 24.3 Å². The van der Waals surface area contributed by atoms with Crippen LogP contribution in [-0.2, 0) is 4.79 Å². The first-order chi connectivity index (χ1) is 9.47. The molecular formula is C14H18F2N2O2. The lowest BCUT2D eigenvalue weighted by molar-refractivity contribution is -0.117. The molecule has 6 heteroatoms. The number of halogens is 2. The number of hydrogen-bond acceptors (Lipinski definition) is 3. The first-order valence-electron chi connectivity index (χ1n) is 6.60. The van der Waals surface area contributed by atoms with Gasteiger partial charge in [0.25, 0.3) is 0 Å². The zero-order valence-electron chi connectivity index (χ0n) is 11.1. The summed E-state index contributed by atoms with van der Waals surface area (Å²) in [5.41, 5.74) is 6.27. The molecule has 1 aliphatic rings. The normalized spacial score (nSPS) is 17.2. The molecule has 0 aliphatic heterocycles. The Kier molecular flexibility index (Phi) is 4.54. The van der Waals surface area contributed by atoms with Crippen LogP contribution < -0.4 is 15.8 Å². The van der Waals surface area contributed by atoms with Crippen LogP contribution in [0.4, 0.5) is 14.5 Å². The second-order valence-corrected chi connectivity index (χ2v) is 5.20. The molecule has 1 aromatic rings. The standard InChI is InChI=1S/C14H18F2N2O2/c15-13(16)20-11-5-3-10(4-6-11)18-12(19)9-14(17)7-1-2-8-14/h3-6,13H,1-2,7-9,17H2,(H,18,19). The van der Waals surface area contributed by atoms with E-state index in [1.54, 1.807) is 0 Å². The average molecular weight is 284 g/mol. The third kappa shape index (κ3) is 4.16. The molecule has 0 radical (unpaired) electrons. The Morgan fingerprint density at radius 1 is 1.30 bits per heavy atom. The fraction of sp³-hybridized carbons (Fsp3) is 0.500. The van der Waals surface area contributed by atoms with E-state index in [0.717, 1.165) is 25.7 Å². The maximum absolute atomic E-state index is 12.0. The molecule has 4 nitrogen and oxygen atoms in total. The molecule has 0 spiro atoms. The summed E-state index contributed by atoms with van der Waals surface area (Å²) >= 11 is 0. The molecule has 1 aromatic carbocycles. The zero-order chi connectivity index (χ0) is 14.6. The zero-order valence-corrected chi connectivity index (χ0v) is 11.1. The number of ether oxygens (including phenoxy) is 1. The van der Waals surface area contributed by atoms with Crippen LogP contribution in [0, 0.1) is 0 Å². The first kappa shape index (κ1) is 14.7. The number of carbonyl (C=O) groups is 1. The van der Waals surface area contributed by atoms with Gasteiger partial charge < -0.3 is 15.8 Å². The third-order valence-electron chi connectivity index (χ3n) is 3.48. The second kappa shape index (κ2) is 6.17. The number of anilines is 1. The number of alkyl halides is 2. The molecule has 1 fully saturated rings. The Morgan fingerprint density at radius 2 is 1.90 bits per heavy atom. The summed E-state index contributed by atoms with van der Waals surface area (Å²) in [6.07, 6.45) is 4.12. The van der Waals surface area contributed by atoms with Crippen molar-refractivity contribution >= 4 is 11.6 Å². The van der Waals surface area contributed by atoms with Gasteiger partial charge in [0.2, 0.25) is 5.91 Å². The van der Waals surface area contributed by atoms with Crippen molar-refractivity contribution in [1.29, 1.82) is 0 Å². The molecule has 2 rings (SSSR count). The molecule has 0 bridgehead atoms. The number of hydrogen-bond donors (Lipinski definition) is 2. The average Bonchev–Trinajstić information content (AvgIpc) is 2.77. The van der Waals surface area contributed by atoms with Gasteiger partial charge >= 0.3 is 6.61 Å². The Labute approximate surface area is 116 Å². The van der Waals surface area contributed by atoms with Gasteiger partial charge in [-0.25, -0.2) is 0 Å². The van der Waals surface area contributed by atoms with Crippen molar-refractivity contribution in [1.82, 2.24) is 0 Å². The monoisotopic (exact) mass is 284 g/mol. The summed E-state index contributed by atoms with van der Waals surface area (Å²) in [6.45, 7) is -2.85. The lowest BCUT2D eigenvalue weighted by Gasteiger charge is -2.22. The van der Waals surface area contributed by atoms with Crippen molar-refractivity contribution in [3.63, 3.8) is 0 Å². The molecule has 3 N–H and O–H groups in total. The summed E-state index contributed by atoms with van der Waals surface area (Å²) in [7, 11) is 0. The van der Waals surface area contributed by atoms with E-state index in [-0.39, 0.29) is 18.1 Å². The number of rotatable bonds is 5. The molecule has 0 atom stereocenters. The van der Waals surface area contributed by atoms with Gasteiger partial charge in [-0.05, 0) is 37.1 Å². The molecule has 1 amide bonds. The van der Waals surface area contributed by atoms with E-state index >= 15 is 0 Å². The van der Waals surface area contributed by atoms with E-state index in [1.807, 2.05) is 0 Å². The van der Waals surface area contributed by atoms with E-state index in [0.29, 0.717) is 5.69 Å². The molecule has 0 aromatic heterocycles. The molecule has 1 saturated carbocycles. The molecule has 1 aliphatic carbocycles. The van der Waals surface area contributed by atoms with Crippen LogP contribution in [0.1, 0.15) is 32.1 Å². The minimum atomic E-state index is -2.85. The second-order valence-electron chi connectivity index (χ2n) is 5.20. The highest BCUT2D eigenvalue weighted by molar-refractivity contribution is 5.91. The number of benzene rings is 1. The van der Waals surface area contributed by atoms with Crippen molar-refractivity contribution in [2.75, 3.05) is 5.32 Å². The predicted octanol–water partition coefficient (Wildman–Crippen LogP) is 2.89. The summed E-state index contributed by atoms with van der Waals surface area (Å²) in [6, 6.07) is 5.81. The Balaban J connectivity index is 1.87. The van der Waals surface area contributed by atoms with Gasteiger partial charge in [0.1, 0.15) is 5.75 Å². The smallest absolute Gasteiger partial charge is 0.387 e. The lowest BCUT2D eigenvalue weighted by atomic mass is 9.94. The highest BCUT2D eigenvalue weighted by atomic mass is 19.3. The van der Waals surface area contributed by atoms with Gasteiger partial charge in [0.05, 0.1) is 0 Å². The number of carbonyl (C=O) groups excluding carboxylic acids is 1. The van der Waals surface area contributed by atoms with Gasteiger partial charge in [-0.1, -0.05) is 12.8 Å². The minimum absolute atomic E-state index is 0.0593. The van der Waals surface area contributed by atoms with Gasteiger partial charge in [-0.2, -0.15) is 8.78 Å². The van der Waals surface area contributed by atoms with Crippen molar-refractivity contribution in [3.05, 3.63) is 24.3 Å². The molecule has 0 heterocycles. The Morgan fingerprint density at radius 3 is 2.45 bits per heavy atom. The van der Waals surface area contributed by atoms with E-state index in [4.69, 9.17) is 5.73 Å². The topological polar surface area (TPSA) is 64.4 Å². The highest BCUT2D eigenvalue weighted by Gasteiger charge is 2.31. The molecule has 110 valence electrons. The lowest BCUT2D eigenvalue weighted by Crippen LogP contribution is -2.40. The van der Waals surface area contributed by atoms with Gasteiger partial charge in [0.15, 0.2) is 0 Å². The summed E-state index contributed by atoms with van der Waals surface area (Å²) < 4.78 is 28.2. The Bertz CT molecular complexity index is 457. The molecule has 0 unspecified atom stereocenters. The van der Waals surface area contributed by atoms with Crippen LogP contribution in [0.5, 0.6) is 5.75 Å². The summed E-state index contributed by atoms with van der Waals surface area (Å²) in [5, 5.41) is 2.71. The quantitative estimate of drug-likeness (QED) is 0.873. The van der Waals surface area contributed by atoms with Gasteiger partial charge in [0, 0.05) is 17.6 Å². The van der Waals surface area contributed by atoms with Crippen LogP contribution >= 0.6 is 0 Å². The van der Waals surface area contributed by atoms with Crippen LogP contribution in [0.3, 0.4) is 0 Å². The van der Waals surface area contributed by atoms with Crippen molar-refractivity contribution in [3.8, 4) is 5.75 Å². The Hall–Kier alpha value is -1.69. The predicted molar refractivity (Wildman–Crippen MR) is 71.7 cm³/mol. The SMILES string of the molecule is NC1(CC(=O)Nc2ccc(OC(F)F)cc2)CCCC1. The van der Waals surface area contributed by atoms with E-state index in [9.17, 15) is 13.6 Å². The largest absolute Gasteiger partial charge is 0.435 e. The van der Waals surface area contributed by atoms with Crippen molar-refractivity contribution in [2.45, 2.75) is 44.3 Å². The minimum Gasteiger partial charge on any atom is -0.435 e. The molecular weight excluding hydrogens is 266 g/mol. The van der Waals surface area contributed by atoms with E-state index in [1.165, 1.54) is 24.3 Å². The third-order valence-corrected chi connectivity index (χ3v) is 3.48. The highest BCUT2D eigenvalue weighted by Crippen LogP contribution is 2.30. The maximum Gasteiger partial charge on any atom is 0.387 e. The number of amides is 1. The molecule has 0 saturated heterocycles. The number of nitrogens with two attached hydrogens (primary N) is 1. The van der Waals surface area contributed by atoms with Crippen molar-refractivity contribution in [2.24, 2.45) is 5.73 Å². The molecule has 20 heavy (non-hydrogen) atoms. The summed E-state index contributed by atoms with van der Waals surface area (Å²) in [5.74, 6) is -0.0963. The van der Waals surface area contributed by atoms with Crippen LogP contribution in [-0.4, -0.2) is 18.1 Å². The van der Waals surface area contributed by atoms with E-state index < -0.39 is 12.2 Å². The van der Waals surface area contributed by atoms with Crippen LogP contribution in [0.25, 0.3) is 0 Å². The van der Waals surface area contributed by atoms with E-state index in [2.05, 4.69) is 10.1 Å².